The molecule has 2 heteroatoms. The number of rotatable bonds is 2. The van der Waals surface area contributed by atoms with Crippen LogP contribution in [0.4, 0.5) is 0 Å². The third-order valence-corrected chi connectivity index (χ3v) is 2.14. The highest BCUT2D eigenvalue weighted by molar-refractivity contribution is 5.67. The van der Waals surface area contributed by atoms with Crippen LogP contribution in [0.15, 0.2) is 12.2 Å². The van der Waals surface area contributed by atoms with Crippen molar-refractivity contribution < 1.29 is 9.90 Å². The van der Waals surface area contributed by atoms with Crippen LogP contribution < -0.4 is 0 Å². The minimum absolute atomic E-state index is 0.281. The normalized spacial score (nSPS) is 30.3. The van der Waals surface area contributed by atoms with Gasteiger partial charge < -0.3 is 5.11 Å². The minimum Gasteiger partial charge on any atom is -0.481 e. The van der Waals surface area contributed by atoms with Crippen LogP contribution in [0, 0.1) is 11.8 Å². The lowest BCUT2D eigenvalue weighted by Gasteiger charge is -2.18. The molecular formula is C9H14O2. The van der Waals surface area contributed by atoms with Crippen molar-refractivity contribution in [1.29, 1.82) is 0 Å². The van der Waals surface area contributed by atoms with E-state index in [1.54, 1.807) is 0 Å². The van der Waals surface area contributed by atoms with Gasteiger partial charge in [0.15, 0.2) is 0 Å². The molecule has 0 radical (unpaired) electrons. The van der Waals surface area contributed by atoms with Crippen molar-refractivity contribution in [2.75, 3.05) is 0 Å². The van der Waals surface area contributed by atoms with Gasteiger partial charge in [0.2, 0.25) is 0 Å². The van der Waals surface area contributed by atoms with Crippen LogP contribution >= 0.6 is 0 Å². The zero-order valence-electron chi connectivity index (χ0n) is 6.79. The summed E-state index contributed by atoms with van der Waals surface area (Å²) in [5, 5.41) is 8.50. The third kappa shape index (κ3) is 2.74. The minimum atomic E-state index is -0.686. The topological polar surface area (TPSA) is 37.3 Å². The molecule has 0 saturated heterocycles. The summed E-state index contributed by atoms with van der Waals surface area (Å²) in [6, 6.07) is 0. The average molecular weight is 154 g/mol. The quantitative estimate of drug-likeness (QED) is 0.618. The van der Waals surface area contributed by atoms with E-state index in [9.17, 15) is 4.79 Å². The van der Waals surface area contributed by atoms with Crippen molar-refractivity contribution in [3.05, 3.63) is 12.2 Å². The van der Waals surface area contributed by atoms with E-state index in [-0.39, 0.29) is 5.92 Å². The lowest BCUT2D eigenvalue weighted by Crippen LogP contribution is -2.10. The molecule has 0 heterocycles. The third-order valence-electron chi connectivity index (χ3n) is 2.14. The summed E-state index contributed by atoms with van der Waals surface area (Å²) in [7, 11) is 0. The second-order valence-corrected chi connectivity index (χ2v) is 3.30. The molecule has 0 aromatic heterocycles. The van der Waals surface area contributed by atoms with Crippen LogP contribution in [-0.4, -0.2) is 11.1 Å². The highest BCUT2D eigenvalue weighted by Crippen LogP contribution is 2.23. The van der Waals surface area contributed by atoms with Crippen molar-refractivity contribution in [2.24, 2.45) is 11.8 Å². The Kier molecular flexibility index (Phi) is 2.69. The molecule has 1 aliphatic carbocycles. The van der Waals surface area contributed by atoms with Crippen LogP contribution in [0.5, 0.6) is 0 Å². The summed E-state index contributed by atoms with van der Waals surface area (Å²) in [5.41, 5.74) is 0. The molecule has 1 aliphatic rings. The van der Waals surface area contributed by atoms with Crippen molar-refractivity contribution in [3.8, 4) is 0 Å². The number of aliphatic carboxylic acids is 1. The molecule has 0 aromatic carbocycles. The number of carboxylic acids is 1. The van der Waals surface area contributed by atoms with E-state index >= 15 is 0 Å². The lowest BCUT2D eigenvalue weighted by atomic mass is 9.88. The summed E-state index contributed by atoms with van der Waals surface area (Å²) in [6.45, 7) is 2.16. The second-order valence-electron chi connectivity index (χ2n) is 3.30. The Bertz CT molecular complexity index is 172. The molecule has 0 aromatic rings. The number of carbonyl (C=O) groups is 1. The molecule has 11 heavy (non-hydrogen) atoms. The predicted octanol–water partition coefficient (Wildman–Crippen LogP) is 2.06. The van der Waals surface area contributed by atoms with Crippen molar-refractivity contribution in [2.45, 2.75) is 26.2 Å². The van der Waals surface area contributed by atoms with Gasteiger partial charge in [0.25, 0.3) is 0 Å². The second kappa shape index (κ2) is 3.56. The smallest absolute Gasteiger partial charge is 0.303 e. The first-order valence-corrected chi connectivity index (χ1v) is 4.08. The molecule has 0 saturated carbocycles. The SMILES string of the molecule is C[C@H]1C=C[C@H](CC(=O)O)CC1. The summed E-state index contributed by atoms with van der Waals surface area (Å²) < 4.78 is 0. The molecule has 0 amide bonds. The van der Waals surface area contributed by atoms with E-state index in [2.05, 4.69) is 13.0 Å². The van der Waals surface area contributed by atoms with E-state index in [0.717, 1.165) is 12.8 Å². The predicted molar refractivity (Wildman–Crippen MR) is 43.3 cm³/mol. The first-order chi connectivity index (χ1) is 5.18. The number of allylic oxidation sites excluding steroid dienone is 2. The summed E-state index contributed by atoms with van der Waals surface area (Å²) in [6.07, 6.45) is 6.63. The summed E-state index contributed by atoms with van der Waals surface area (Å²) >= 11 is 0. The average Bonchev–Trinajstić information content (AvgIpc) is 1.93. The van der Waals surface area contributed by atoms with Crippen LogP contribution in [0.1, 0.15) is 26.2 Å². The van der Waals surface area contributed by atoms with Crippen molar-refractivity contribution >= 4 is 5.97 Å². The highest BCUT2D eigenvalue weighted by atomic mass is 16.4. The molecule has 0 bridgehead atoms. The molecule has 0 unspecified atom stereocenters. The van der Waals surface area contributed by atoms with Crippen molar-refractivity contribution in [1.82, 2.24) is 0 Å². The van der Waals surface area contributed by atoms with E-state index in [4.69, 9.17) is 5.11 Å². The van der Waals surface area contributed by atoms with Crippen LogP contribution in [0.2, 0.25) is 0 Å². The number of hydrogen-bond donors (Lipinski definition) is 1. The van der Waals surface area contributed by atoms with Crippen LogP contribution in [0.3, 0.4) is 0 Å². The zero-order valence-corrected chi connectivity index (χ0v) is 6.79. The van der Waals surface area contributed by atoms with Gasteiger partial charge in [0.05, 0.1) is 6.42 Å². The Balaban J connectivity index is 2.38. The molecule has 0 aliphatic heterocycles. The van der Waals surface area contributed by atoms with Crippen molar-refractivity contribution in [3.63, 3.8) is 0 Å². The fraction of sp³-hybridized carbons (Fsp3) is 0.667. The fourth-order valence-electron chi connectivity index (χ4n) is 1.41. The Morgan fingerprint density at radius 3 is 2.73 bits per heavy atom. The van der Waals surface area contributed by atoms with E-state index in [1.807, 2.05) is 6.08 Å². The molecule has 1 N–H and O–H groups in total. The van der Waals surface area contributed by atoms with Gasteiger partial charge in [-0.2, -0.15) is 0 Å². The van der Waals surface area contributed by atoms with Crippen LogP contribution in [-0.2, 0) is 4.79 Å². The van der Waals surface area contributed by atoms with Crippen LogP contribution in [0.25, 0.3) is 0 Å². The Morgan fingerprint density at radius 1 is 1.55 bits per heavy atom. The van der Waals surface area contributed by atoms with Gasteiger partial charge in [-0.05, 0) is 24.7 Å². The first-order valence-electron chi connectivity index (χ1n) is 4.08. The maximum Gasteiger partial charge on any atom is 0.303 e. The van der Waals surface area contributed by atoms with Gasteiger partial charge in [0, 0.05) is 0 Å². The maximum absolute atomic E-state index is 10.3. The Morgan fingerprint density at radius 2 is 2.27 bits per heavy atom. The number of carboxylic acid groups (broad SMARTS) is 1. The zero-order chi connectivity index (χ0) is 8.27. The first kappa shape index (κ1) is 8.31. The molecule has 2 atom stereocenters. The molecule has 2 nitrogen and oxygen atoms in total. The van der Waals surface area contributed by atoms with Gasteiger partial charge >= 0.3 is 5.97 Å². The largest absolute Gasteiger partial charge is 0.481 e. The van der Waals surface area contributed by atoms with Gasteiger partial charge in [-0.1, -0.05) is 19.1 Å². The Hall–Kier alpha value is -0.790. The molecule has 0 spiro atoms. The van der Waals surface area contributed by atoms with E-state index < -0.39 is 5.97 Å². The highest BCUT2D eigenvalue weighted by Gasteiger charge is 2.14. The maximum atomic E-state index is 10.3. The lowest BCUT2D eigenvalue weighted by molar-refractivity contribution is -0.137. The molecule has 1 rings (SSSR count). The van der Waals surface area contributed by atoms with Gasteiger partial charge in [-0.3, -0.25) is 4.79 Å². The van der Waals surface area contributed by atoms with Gasteiger partial charge in [0.1, 0.15) is 0 Å². The van der Waals surface area contributed by atoms with Gasteiger partial charge in [-0.25, -0.2) is 0 Å². The summed E-state index contributed by atoms with van der Waals surface area (Å²) in [5.74, 6) is 0.234. The van der Waals surface area contributed by atoms with E-state index in [1.165, 1.54) is 0 Å². The Labute approximate surface area is 66.9 Å². The van der Waals surface area contributed by atoms with Gasteiger partial charge in [-0.15, -0.1) is 0 Å². The number of hydrogen-bond acceptors (Lipinski definition) is 1. The monoisotopic (exact) mass is 154 g/mol. The molecular weight excluding hydrogens is 140 g/mol. The summed E-state index contributed by atoms with van der Waals surface area (Å²) in [4.78, 5) is 10.3. The standard InChI is InChI=1S/C9H14O2/c1-7-2-4-8(5-3-7)6-9(10)11/h2,4,7-8H,3,5-6H2,1H3,(H,10,11)/t7-,8-/m0/s1. The molecule has 62 valence electrons. The van der Waals surface area contributed by atoms with E-state index in [0.29, 0.717) is 12.3 Å². The molecule has 0 fully saturated rings. The fourth-order valence-corrected chi connectivity index (χ4v) is 1.41.